The Morgan fingerprint density at radius 3 is 2.53 bits per heavy atom. The zero-order chi connectivity index (χ0) is 13.4. The number of aryl methyl sites for hydroxylation is 2. The molecule has 0 aliphatic heterocycles. The molecule has 0 spiro atoms. The van der Waals surface area contributed by atoms with Crippen molar-refractivity contribution in [2.24, 2.45) is 5.73 Å². The summed E-state index contributed by atoms with van der Waals surface area (Å²) in [6.45, 7) is 4.69. The number of fused-ring (bicyclic) bond motifs is 1. The van der Waals surface area contributed by atoms with E-state index in [0.29, 0.717) is 6.54 Å². The molecule has 3 aromatic rings. The molecule has 0 aliphatic carbocycles. The van der Waals surface area contributed by atoms with E-state index in [4.69, 9.17) is 10.7 Å². The molecule has 2 aromatic heterocycles. The van der Waals surface area contributed by atoms with E-state index in [0.717, 1.165) is 28.2 Å². The molecule has 2 heterocycles. The molecule has 0 fully saturated rings. The lowest BCUT2D eigenvalue weighted by molar-refractivity contribution is 1.03. The van der Waals surface area contributed by atoms with E-state index >= 15 is 0 Å². The van der Waals surface area contributed by atoms with Crippen molar-refractivity contribution >= 4 is 5.65 Å². The molecule has 0 amide bonds. The van der Waals surface area contributed by atoms with Gasteiger partial charge in [0.2, 0.25) is 0 Å². The van der Waals surface area contributed by atoms with Crippen LogP contribution < -0.4 is 5.73 Å². The van der Waals surface area contributed by atoms with Crippen LogP contribution in [0.3, 0.4) is 0 Å². The van der Waals surface area contributed by atoms with Crippen molar-refractivity contribution in [3.05, 3.63) is 59.4 Å². The number of nitrogens with zero attached hydrogens (tertiary/aromatic N) is 2. The van der Waals surface area contributed by atoms with E-state index in [1.165, 1.54) is 5.56 Å². The molecular formula is C16H17N3. The number of nitrogens with two attached hydrogens (primary N) is 1. The highest BCUT2D eigenvalue weighted by atomic mass is 15.0. The predicted molar refractivity (Wildman–Crippen MR) is 78.0 cm³/mol. The van der Waals surface area contributed by atoms with Gasteiger partial charge < -0.3 is 10.1 Å². The highest BCUT2D eigenvalue weighted by molar-refractivity contribution is 5.68. The Balaban J connectivity index is 2.25. The van der Waals surface area contributed by atoms with Crippen LogP contribution in [0.5, 0.6) is 0 Å². The summed E-state index contributed by atoms with van der Waals surface area (Å²) in [5.41, 5.74) is 12.4. The summed E-state index contributed by atoms with van der Waals surface area (Å²) in [6.07, 6.45) is 2.04. The van der Waals surface area contributed by atoms with Crippen LogP contribution >= 0.6 is 0 Å². The maximum absolute atomic E-state index is 5.78. The Kier molecular flexibility index (Phi) is 2.84. The van der Waals surface area contributed by atoms with Crippen molar-refractivity contribution in [3.63, 3.8) is 0 Å². The van der Waals surface area contributed by atoms with Crippen LogP contribution in [0.2, 0.25) is 0 Å². The van der Waals surface area contributed by atoms with Gasteiger partial charge in [-0.25, -0.2) is 4.98 Å². The highest BCUT2D eigenvalue weighted by Crippen LogP contribution is 2.25. The van der Waals surface area contributed by atoms with E-state index in [2.05, 4.69) is 42.5 Å². The van der Waals surface area contributed by atoms with Gasteiger partial charge in [-0.2, -0.15) is 0 Å². The first-order valence-corrected chi connectivity index (χ1v) is 6.44. The van der Waals surface area contributed by atoms with E-state index < -0.39 is 0 Å². The lowest BCUT2D eigenvalue weighted by Crippen LogP contribution is -1.99. The maximum Gasteiger partial charge on any atom is 0.142 e. The zero-order valence-electron chi connectivity index (χ0n) is 11.2. The Morgan fingerprint density at radius 1 is 1.11 bits per heavy atom. The van der Waals surface area contributed by atoms with Gasteiger partial charge in [0, 0.05) is 29.6 Å². The minimum absolute atomic E-state index is 0.508. The van der Waals surface area contributed by atoms with Crippen molar-refractivity contribution in [2.75, 3.05) is 0 Å². The number of aromatic nitrogens is 2. The van der Waals surface area contributed by atoms with Gasteiger partial charge >= 0.3 is 0 Å². The molecule has 0 saturated carbocycles. The monoisotopic (exact) mass is 251 g/mol. The van der Waals surface area contributed by atoms with Gasteiger partial charge in [0.05, 0.1) is 5.69 Å². The average Bonchev–Trinajstić information content (AvgIpc) is 2.77. The van der Waals surface area contributed by atoms with Crippen LogP contribution in [0.15, 0.2) is 42.6 Å². The standard InChI is InChI=1S/C16H17N3/c1-11-5-7-13(8-6-11)15-12(2)19-9-3-4-14(10-17)16(19)18-15/h3-9H,10,17H2,1-2H3. The largest absolute Gasteiger partial charge is 0.326 e. The van der Waals surface area contributed by atoms with Crippen molar-refractivity contribution in [3.8, 4) is 11.3 Å². The molecule has 0 atom stereocenters. The van der Waals surface area contributed by atoms with Gasteiger partial charge in [-0.15, -0.1) is 0 Å². The molecule has 1 aromatic carbocycles. The summed E-state index contributed by atoms with van der Waals surface area (Å²) in [5.74, 6) is 0. The second-order valence-electron chi connectivity index (χ2n) is 4.84. The Hall–Kier alpha value is -2.13. The molecule has 0 aliphatic rings. The highest BCUT2D eigenvalue weighted by Gasteiger charge is 2.11. The first kappa shape index (κ1) is 11.9. The Bertz CT molecular complexity index is 724. The molecule has 19 heavy (non-hydrogen) atoms. The van der Waals surface area contributed by atoms with E-state index in [9.17, 15) is 0 Å². The van der Waals surface area contributed by atoms with Gasteiger partial charge in [-0.1, -0.05) is 35.9 Å². The van der Waals surface area contributed by atoms with Gasteiger partial charge in [0.1, 0.15) is 5.65 Å². The third-order valence-electron chi connectivity index (χ3n) is 3.51. The molecule has 3 rings (SSSR count). The summed E-state index contributed by atoms with van der Waals surface area (Å²) in [7, 11) is 0. The molecule has 0 unspecified atom stereocenters. The van der Waals surface area contributed by atoms with E-state index in [-0.39, 0.29) is 0 Å². The number of pyridine rings is 1. The van der Waals surface area contributed by atoms with Crippen LogP contribution in [-0.4, -0.2) is 9.38 Å². The fourth-order valence-corrected chi connectivity index (χ4v) is 2.39. The minimum Gasteiger partial charge on any atom is -0.326 e. The lowest BCUT2D eigenvalue weighted by Gasteiger charge is -2.01. The van der Waals surface area contributed by atoms with Crippen LogP contribution in [0, 0.1) is 13.8 Å². The minimum atomic E-state index is 0.508. The number of hydrogen-bond donors (Lipinski definition) is 1. The topological polar surface area (TPSA) is 43.3 Å². The van der Waals surface area contributed by atoms with Crippen molar-refractivity contribution in [2.45, 2.75) is 20.4 Å². The number of imidazole rings is 1. The van der Waals surface area contributed by atoms with Gasteiger partial charge in [-0.3, -0.25) is 0 Å². The second kappa shape index (κ2) is 4.52. The first-order chi connectivity index (χ1) is 9.20. The van der Waals surface area contributed by atoms with Gasteiger partial charge in [0.15, 0.2) is 0 Å². The number of benzene rings is 1. The SMILES string of the molecule is Cc1ccc(-c2nc3c(CN)cccn3c2C)cc1. The molecule has 3 heteroatoms. The quantitative estimate of drug-likeness (QED) is 0.760. The van der Waals surface area contributed by atoms with Crippen LogP contribution in [0.1, 0.15) is 16.8 Å². The predicted octanol–water partition coefficient (Wildman–Crippen LogP) is 3.08. The van der Waals surface area contributed by atoms with Crippen molar-refractivity contribution in [1.82, 2.24) is 9.38 Å². The number of hydrogen-bond acceptors (Lipinski definition) is 2. The molecular weight excluding hydrogens is 234 g/mol. The summed E-state index contributed by atoms with van der Waals surface area (Å²) in [6, 6.07) is 12.5. The molecule has 0 radical (unpaired) electrons. The third-order valence-corrected chi connectivity index (χ3v) is 3.51. The fourth-order valence-electron chi connectivity index (χ4n) is 2.39. The molecule has 2 N–H and O–H groups in total. The Morgan fingerprint density at radius 2 is 1.84 bits per heavy atom. The normalized spacial score (nSPS) is 11.1. The summed E-state index contributed by atoms with van der Waals surface area (Å²) in [5, 5.41) is 0. The van der Waals surface area contributed by atoms with E-state index in [1.54, 1.807) is 0 Å². The van der Waals surface area contributed by atoms with Crippen molar-refractivity contribution < 1.29 is 0 Å². The molecule has 3 nitrogen and oxygen atoms in total. The summed E-state index contributed by atoms with van der Waals surface area (Å²) in [4.78, 5) is 4.77. The van der Waals surface area contributed by atoms with Crippen LogP contribution in [0.25, 0.3) is 16.9 Å². The zero-order valence-corrected chi connectivity index (χ0v) is 11.2. The molecule has 0 saturated heterocycles. The maximum atomic E-state index is 5.78. The molecule has 96 valence electrons. The van der Waals surface area contributed by atoms with Crippen LogP contribution in [0.4, 0.5) is 0 Å². The number of rotatable bonds is 2. The van der Waals surface area contributed by atoms with Gasteiger partial charge in [-0.05, 0) is 19.9 Å². The fraction of sp³-hybridized carbons (Fsp3) is 0.188. The second-order valence-corrected chi connectivity index (χ2v) is 4.84. The smallest absolute Gasteiger partial charge is 0.142 e. The average molecular weight is 251 g/mol. The van der Waals surface area contributed by atoms with Crippen molar-refractivity contribution in [1.29, 1.82) is 0 Å². The lowest BCUT2D eigenvalue weighted by atomic mass is 10.1. The third kappa shape index (κ3) is 1.92. The summed E-state index contributed by atoms with van der Waals surface area (Å²) >= 11 is 0. The Labute approximate surface area is 112 Å². The van der Waals surface area contributed by atoms with Crippen LogP contribution in [-0.2, 0) is 6.54 Å². The van der Waals surface area contributed by atoms with Gasteiger partial charge in [0.25, 0.3) is 0 Å². The van der Waals surface area contributed by atoms with E-state index in [1.807, 2.05) is 18.3 Å². The summed E-state index contributed by atoms with van der Waals surface area (Å²) < 4.78 is 2.11. The molecule has 0 bridgehead atoms. The first-order valence-electron chi connectivity index (χ1n) is 6.44.